The van der Waals surface area contributed by atoms with E-state index in [1.54, 1.807) is 0 Å². The van der Waals surface area contributed by atoms with Gasteiger partial charge in [-0.2, -0.15) is 31.6 Å². The lowest BCUT2D eigenvalue weighted by Gasteiger charge is -2.15. The van der Waals surface area contributed by atoms with E-state index in [1.807, 2.05) is 6.07 Å². The summed E-state index contributed by atoms with van der Waals surface area (Å²) in [5, 5.41) is 8.52. The highest BCUT2D eigenvalue weighted by Crippen LogP contribution is 2.36. The molecule has 0 heterocycles. The van der Waals surface area contributed by atoms with Crippen molar-refractivity contribution in [3.05, 3.63) is 58.7 Å². The first-order valence-electron chi connectivity index (χ1n) is 8.97. The van der Waals surface area contributed by atoms with Gasteiger partial charge in [0.25, 0.3) is 0 Å². The Morgan fingerprint density at radius 3 is 2.10 bits per heavy atom. The number of rotatable bonds is 8. The van der Waals surface area contributed by atoms with Gasteiger partial charge in [0.2, 0.25) is 0 Å². The highest BCUT2D eigenvalue weighted by molar-refractivity contribution is 5.97. The summed E-state index contributed by atoms with van der Waals surface area (Å²) < 4.78 is 88.5. The van der Waals surface area contributed by atoms with E-state index >= 15 is 0 Å². The van der Waals surface area contributed by atoms with Gasteiger partial charge in [0.05, 0.1) is 29.4 Å². The highest BCUT2D eigenvalue weighted by atomic mass is 19.4. The molecule has 2 aromatic carbocycles. The molecule has 0 saturated carbocycles. The first-order valence-corrected chi connectivity index (χ1v) is 8.97. The number of Topliss-reactive ketones (excluding diaryl/α,β-unsaturated/α-hetero) is 1. The Balaban J connectivity index is 2.23. The van der Waals surface area contributed by atoms with E-state index in [9.17, 15) is 31.1 Å². The largest absolute Gasteiger partial charge is 0.493 e. The predicted octanol–water partition coefficient (Wildman–Crippen LogP) is 6.19. The molecule has 0 atom stereocenters. The van der Waals surface area contributed by atoms with Crippen LogP contribution in [0.1, 0.15) is 46.8 Å². The third kappa shape index (κ3) is 6.91. The van der Waals surface area contributed by atoms with Crippen molar-refractivity contribution < 1.29 is 40.6 Å². The van der Waals surface area contributed by atoms with Crippen LogP contribution in [-0.2, 0) is 19.0 Å². The molecule has 0 N–H and O–H groups in total. The van der Waals surface area contributed by atoms with Crippen molar-refractivity contribution in [2.45, 2.75) is 38.7 Å². The van der Waals surface area contributed by atoms with Gasteiger partial charge < -0.3 is 9.47 Å². The van der Waals surface area contributed by atoms with E-state index in [1.165, 1.54) is 25.1 Å². The number of alkyl halides is 6. The number of nitrogens with zero attached hydrogens (tertiary/aromatic N) is 1. The van der Waals surface area contributed by atoms with Gasteiger partial charge in [-0.05, 0) is 55.3 Å². The molecule has 10 heteroatoms. The number of carbonyl (C=O) groups excluding carboxylic acids is 1. The molecule has 2 aromatic rings. The minimum absolute atomic E-state index is 0.0375. The zero-order valence-electron chi connectivity index (χ0n) is 16.2. The lowest BCUT2D eigenvalue weighted by Crippen LogP contribution is -2.12. The van der Waals surface area contributed by atoms with E-state index < -0.39 is 30.1 Å². The SMILES string of the molecule is CC(=O)c1cc(OCc2cc(C(F)(F)F)cc(C(F)(F)F)c2)ccc1OCCCC#N. The van der Waals surface area contributed by atoms with Crippen LogP contribution >= 0.6 is 0 Å². The third-order valence-electron chi connectivity index (χ3n) is 4.07. The summed E-state index contributed by atoms with van der Waals surface area (Å²) in [6.45, 7) is 0.884. The summed E-state index contributed by atoms with van der Waals surface area (Å²) in [5.41, 5.74) is -3.07. The van der Waals surface area contributed by atoms with Crippen molar-refractivity contribution in [3.63, 3.8) is 0 Å². The first kappa shape index (κ1) is 24.1. The number of ketones is 1. The highest BCUT2D eigenvalue weighted by Gasteiger charge is 2.36. The zero-order valence-corrected chi connectivity index (χ0v) is 16.2. The summed E-state index contributed by atoms with van der Waals surface area (Å²) in [6.07, 6.45) is -9.19. The van der Waals surface area contributed by atoms with E-state index in [4.69, 9.17) is 14.7 Å². The van der Waals surface area contributed by atoms with E-state index in [2.05, 4.69) is 0 Å². The molecular weight excluding hydrogens is 428 g/mol. The number of halogens is 6. The molecule has 4 nitrogen and oxygen atoms in total. The molecule has 0 saturated heterocycles. The van der Waals surface area contributed by atoms with E-state index in [0.29, 0.717) is 18.6 Å². The molecule has 0 spiro atoms. The van der Waals surface area contributed by atoms with E-state index in [0.717, 1.165) is 0 Å². The number of hydrogen-bond donors (Lipinski definition) is 0. The Bertz CT molecular complexity index is 944. The van der Waals surface area contributed by atoms with Crippen LogP contribution in [-0.4, -0.2) is 12.4 Å². The average Bonchev–Trinajstić information content (AvgIpc) is 2.68. The van der Waals surface area contributed by atoms with Gasteiger partial charge in [-0.1, -0.05) is 0 Å². The quantitative estimate of drug-likeness (QED) is 0.276. The van der Waals surface area contributed by atoms with Crippen molar-refractivity contribution in [1.82, 2.24) is 0 Å². The topological polar surface area (TPSA) is 59.3 Å². The number of unbranched alkanes of at least 4 members (excludes halogenated alkanes) is 1. The van der Waals surface area contributed by atoms with Crippen molar-refractivity contribution in [1.29, 1.82) is 5.26 Å². The third-order valence-corrected chi connectivity index (χ3v) is 4.07. The van der Waals surface area contributed by atoms with Crippen LogP contribution in [0.5, 0.6) is 11.5 Å². The maximum Gasteiger partial charge on any atom is 0.416 e. The van der Waals surface area contributed by atoms with Crippen molar-refractivity contribution in [3.8, 4) is 17.6 Å². The Labute approximate surface area is 174 Å². The lowest BCUT2D eigenvalue weighted by atomic mass is 10.1. The normalized spacial score (nSPS) is 11.7. The number of nitriles is 1. The fourth-order valence-corrected chi connectivity index (χ4v) is 2.60. The lowest BCUT2D eigenvalue weighted by molar-refractivity contribution is -0.143. The summed E-state index contributed by atoms with van der Waals surface area (Å²) in [7, 11) is 0. The molecule has 0 bridgehead atoms. The Morgan fingerprint density at radius 1 is 0.968 bits per heavy atom. The predicted molar refractivity (Wildman–Crippen MR) is 97.6 cm³/mol. The van der Waals surface area contributed by atoms with Crippen LogP contribution in [0.2, 0.25) is 0 Å². The molecule has 0 aliphatic carbocycles. The molecular formula is C21H17F6NO3. The molecule has 0 amide bonds. The molecule has 0 aromatic heterocycles. The maximum absolute atomic E-state index is 13.0. The summed E-state index contributed by atoms with van der Waals surface area (Å²) >= 11 is 0. The van der Waals surface area contributed by atoms with E-state index in [-0.39, 0.29) is 47.5 Å². The van der Waals surface area contributed by atoms with Crippen molar-refractivity contribution in [2.24, 2.45) is 0 Å². The van der Waals surface area contributed by atoms with Gasteiger partial charge in [-0.15, -0.1) is 0 Å². The average molecular weight is 445 g/mol. The Kier molecular flexibility index (Phi) is 7.55. The molecule has 0 unspecified atom stereocenters. The monoisotopic (exact) mass is 445 g/mol. The number of benzene rings is 2. The second-order valence-electron chi connectivity index (χ2n) is 6.53. The van der Waals surface area contributed by atoms with Crippen LogP contribution in [0.25, 0.3) is 0 Å². The molecule has 0 fully saturated rings. The molecule has 166 valence electrons. The Morgan fingerprint density at radius 2 is 1.58 bits per heavy atom. The molecule has 0 aliphatic heterocycles. The summed E-state index contributed by atoms with van der Waals surface area (Å²) in [5.74, 6) is -0.0732. The minimum atomic E-state index is -4.96. The van der Waals surface area contributed by atoms with Crippen LogP contribution < -0.4 is 9.47 Å². The molecule has 0 radical (unpaired) electrons. The second kappa shape index (κ2) is 9.73. The Hall–Kier alpha value is -3.22. The number of ether oxygens (including phenoxy) is 2. The summed E-state index contributed by atoms with van der Waals surface area (Å²) in [4.78, 5) is 11.9. The van der Waals surface area contributed by atoms with Gasteiger partial charge in [0.15, 0.2) is 5.78 Å². The van der Waals surface area contributed by atoms with Gasteiger partial charge in [0, 0.05) is 6.42 Å². The minimum Gasteiger partial charge on any atom is -0.493 e. The smallest absolute Gasteiger partial charge is 0.416 e. The van der Waals surface area contributed by atoms with Crippen LogP contribution in [0.4, 0.5) is 26.3 Å². The van der Waals surface area contributed by atoms with Crippen LogP contribution in [0.15, 0.2) is 36.4 Å². The molecule has 31 heavy (non-hydrogen) atoms. The standard InChI is InChI=1S/C21H17F6NO3/c1-13(29)18-11-17(4-5-19(18)30-7-3-2-6-28)31-12-14-8-15(20(22,23)24)10-16(9-14)21(25,26)27/h4-5,8-11H,2-3,7,12H2,1H3. The fraction of sp³-hybridized carbons (Fsp3) is 0.333. The second-order valence-corrected chi connectivity index (χ2v) is 6.53. The zero-order chi connectivity index (χ0) is 23.2. The molecule has 0 aliphatic rings. The number of carbonyl (C=O) groups is 1. The van der Waals surface area contributed by atoms with Crippen molar-refractivity contribution >= 4 is 5.78 Å². The molecule has 2 rings (SSSR count). The van der Waals surface area contributed by atoms with Crippen LogP contribution in [0, 0.1) is 11.3 Å². The maximum atomic E-state index is 13.0. The van der Waals surface area contributed by atoms with Gasteiger partial charge in [0.1, 0.15) is 18.1 Å². The van der Waals surface area contributed by atoms with Crippen molar-refractivity contribution in [2.75, 3.05) is 6.61 Å². The number of hydrogen-bond acceptors (Lipinski definition) is 4. The summed E-state index contributed by atoms with van der Waals surface area (Å²) in [6, 6.07) is 7.22. The van der Waals surface area contributed by atoms with Gasteiger partial charge in [-0.25, -0.2) is 0 Å². The fourth-order valence-electron chi connectivity index (χ4n) is 2.60. The van der Waals surface area contributed by atoms with Gasteiger partial charge >= 0.3 is 12.4 Å². The first-order chi connectivity index (χ1) is 14.4. The van der Waals surface area contributed by atoms with Crippen LogP contribution in [0.3, 0.4) is 0 Å². The van der Waals surface area contributed by atoms with Gasteiger partial charge in [-0.3, -0.25) is 4.79 Å².